The second-order valence-corrected chi connectivity index (χ2v) is 6.27. The first-order valence-corrected chi connectivity index (χ1v) is 8.56. The number of carbonyl (C=O) groups excluding carboxylic acids is 1. The minimum Gasteiger partial charge on any atom is -0.494 e. The maximum atomic E-state index is 12.1. The molecule has 0 fully saturated rings. The first kappa shape index (κ1) is 16.9. The topological polar surface area (TPSA) is 94.0 Å². The number of urea groups is 1. The Balaban J connectivity index is 1.66. The third kappa shape index (κ3) is 4.13. The largest absolute Gasteiger partial charge is 0.494 e. The second kappa shape index (κ2) is 7.75. The van der Waals surface area contributed by atoms with Crippen LogP contribution in [-0.2, 0) is 6.42 Å². The standard InChI is InChI=1S/C16H18N6O2S/c1-11-19-20-21-22(11)14-10-12(5-6-15(14)24-2)18-16(23)17-8-7-13-4-3-9-25-13/h3-6,9-10H,7-8H2,1-2H3,(H2,17,18,23). The maximum absolute atomic E-state index is 12.1. The van der Waals surface area contributed by atoms with E-state index in [0.29, 0.717) is 29.5 Å². The van der Waals surface area contributed by atoms with Gasteiger partial charge in [-0.25, -0.2) is 4.79 Å². The first-order valence-electron chi connectivity index (χ1n) is 7.68. The molecule has 3 aromatic rings. The lowest BCUT2D eigenvalue weighted by atomic mass is 10.2. The molecule has 1 aromatic carbocycles. The minimum atomic E-state index is -0.263. The fourth-order valence-corrected chi connectivity index (χ4v) is 3.03. The average Bonchev–Trinajstić information content (AvgIpc) is 3.26. The van der Waals surface area contributed by atoms with E-state index < -0.39 is 0 Å². The highest BCUT2D eigenvalue weighted by atomic mass is 32.1. The van der Waals surface area contributed by atoms with E-state index in [2.05, 4.69) is 32.2 Å². The normalized spacial score (nSPS) is 10.5. The number of rotatable bonds is 6. The van der Waals surface area contributed by atoms with E-state index in [0.717, 1.165) is 6.42 Å². The van der Waals surface area contributed by atoms with Crippen LogP contribution in [0.15, 0.2) is 35.7 Å². The Morgan fingerprint density at radius 1 is 1.36 bits per heavy atom. The van der Waals surface area contributed by atoms with Gasteiger partial charge in [-0.05, 0) is 53.4 Å². The van der Waals surface area contributed by atoms with Gasteiger partial charge in [0.25, 0.3) is 0 Å². The molecular weight excluding hydrogens is 340 g/mol. The molecule has 0 aliphatic heterocycles. The number of carbonyl (C=O) groups is 1. The van der Waals surface area contributed by atoms with Gasteiger partial charge in [-0.2, -0.15) is 4.68 Å². The molecule has 0 bridgehead atoms. The number of ether oxygens (including phenoxy) is 1. The number of methoxy groups -OCH3 is 1. The van der Waals surface area contributed by atoms with E-state index in [1.807, 2.05) is 11.4 Å². The summed E-state index contributed by atoms with van der Waals surface area (Å²) in [5, 5.41) is 19.1. The number of hydrogen-bond acceptors (Lipinski definition) is 6. The van der Waals surface area contributed by atoms with Crippen molar-refractivity contribution in [1.82, 2.24) is 25.5 Å². The summed E-state index contributed by atoms with van der Waals surface area (Å²) in [7, 11) is 1.57. The van der Waals surface area contributed by atoms with E-state index in [4.69, 9.17) is 4.74 Å². The third-order valence-corrected chi connectivity index (χ3v) is 4.46. The molecular formula is C16H18N6O2S. The van der Waals surface area contributed by atoms with E-state index >= 15 is 0 Å². The fourth-order valence-electron chi connectivity index (χ4n) is 2.32. The molecule has 0 unspecified atom stereocenters. The molecule has 3 rings (SSSR count). The number of anilines is 1. The molecule has 2 amide bonds. The van der Waals surface area contributed by atoms with Gasteiger partial charge < -0.3 is 15.4 Å². The molecule has 0 saturated heterocycles. The van der Waals surface area contributed by atoms with Crippen LogP contribution in [0.3, 0.4) is 0 Å². The molecule has 0 aliphatic rings. The van der Waals surface area contributed by atoms with Gasteiger partial charge in [0.1, 0.15) is 11.4 Å². The van der Waals surface area contributed by atoms with Gasteiger partial charge >= 0.3 is 6.03 Å². The van der Waals surface area contributed by atoms with Gasteiger partial charge in [0.2, 0.25) is 0 Å². The van der Waals surface area contributed by atoms with Crippen LogP contribution in [0.4, 0.5) is 10.5 Å². The van der Waals surface area contributed by atoms with Crippen molar-refractivity contribution >= 4 is 23.1 Å². The SMILES string of the molecule is COc1ccc(NC(=O)NCCc2cccs2)cc1-n1nnnc1C. The second-order valence-electron chi connectivity index (χ2n) is 5.23. The summed E-state index contributed by atoms with van der Waals surface area (Å²) < 4.78 is 6.90. The van der Waals surface area contributed by atoms with Gasteiger partial charge in [0, 0.05) is 17.1 Å². The summed E-state index contributed by atoms with van der Waals surface area (Å²) in [5.74, 6) is 1.23. The van der Waals surface area contributed by atoms with Crippen molar-refractivity contribution in [2.45, 2.75) is 13.3 Å². The number of benzene rings is 1. The average molecular weight is 358 g/mol. The smallest absolute Gasteiger partial charge is 0.319 e. The summed E-state index contributed by atoms with van der Waals surface area (Å²) in [4.78, 5) is 13.3. The highest BCUT2D eigenvalue weighted by Crippen LogP contribution is 2.26. The van der Waals surface area contributed by atoms with Crippen LogP contribution in [0.1, 0.15) is 10.7 Å². The number of aryl methyl sites for hydroxylation is 1. The van der Waals surface area contributed by atoms with Gasteiger partial charge in [-0.15, -0.1) is 16.4 Å². The third-order valence-electron chi connectivity index (χ3n) is 3.53. The molecule has 2 heterocycles. The number of hydrogen-bond donors (Lipinski definition) is 2. The lowest BCUT2D eigenvalue weighted by molar-refractivity contribution is 0.252. The Morgan fingerprint density at radius 3 is 2.92 bits per heavy atom. The van der Waals surface area contributed by atoms with Crippen LogP contribution in [0, 0.1) is 6.92 Å². The molecule has 130 valence electrons. The van der Waals surface area contributed by atoms with Crippen molar-refractivity contribution in [3.05, 3.63) is 46.4 Å². The van der Waals surface area contributed by atoms with Crippen LogP contribution in [0.5, 0.6) is 5.75 Å². The van der Waals surface area contributed by atoms with Crippen LogP contribution in [0.25, 0.3) is 5.69 Å². The Hall–Kier alpha value is -2.94. The predicted octanol–water partition coefficient (Wildman–Crippen LogP) is 2.41. The molecule has 0 spiro atoms. The zero-order valence-electron chi connectivity index (χ0n) is 13.9. The fraction of sp³-hybridized carbons (Fsp3) is 0.250. The number of aromatic nitrogens is 4. The van der Waals surface area contributed by atoms with Gasteiger partial charge in [0.15, 0.2) is 5.82 Å². The summed E-state index contributed by atoms with van der Waals surface area (Å²) >= 11 is 1.68. The van der Waals surface area contributed by atoms with Gasteiger partial charge in [-0.1, -0.05) is 6.07 Å². The van der Waals surface area contributed by atoms with Crippen molar-refractivity contribution in [3.63, 3.8) is 0 Å². The van der Waals surface area contributed by atoms with Crippen LogP contribution in [-0.4, -0.2) is 39.9 Å². The van der Waals surface area contributed by atoms with E-state index in [9.17, 15) is 4.79 Å². The molecule has 0 atom stereocenters. The Bertz CT molecular complexity index is 846. The molecule has 25 heavy (non-hydrogen) atoms. The van der Waals surface area contributed by atoms with Gasteiger partial charge in [0.05, 0.1) is 7.11 Å². The Kier molecular flexibility index (Phi) is 5.24. The molecule has 2 aromatic heterocycles. The number of amides is 2. The van der Waals surface area contributed by atoms with Crippen LogP contribution < -0.4 is 15.4 Å². The molecule has 0 saturated carbocycles. The zero-order valence-corrected chi connectivity index (χ0v) is 14.7. The minimum absolute atomic E-state index is 0.263. The predicted molar refractivity (Wildman–Crippen MR) is 95.5 cm³/mol. The Labute approximate surface area is 148 Å². The van der Waals surface area contributed by atoms with Crippen molar-refractivity contribution in [2.75, 3.05) is 19.0 Å². The first-order chi connectivity index (χ1) is 12.2. The zero-order chi connectivity index (χ0) is 17.6. The van der Waals surface area contributed by atoms with Crippen molar-refractivity contribution in [3.8, 4) is 11.4 Å². The van der Waals surface area contributed by atoms with Gasteiger partial charge in [-0.3, -0.25) is 0 Å². The van der Waals surface area contributed by atoms with Crippen molar-refractivity contribution < 1.29 is 9.53 Å². The Morgan fingerprint density at radius 2 is 2.24 bits per heavy atom. The maximum Gasteiger partial charge on any atom is 0.319 e. The molecule has 8 nitrogen and oxygen atoms in total. The van der Waals surface area contributed by atoms with E-state index in [1.165, 1.54) is 4.88 Å². The highest BCUT2D eigenvalue weighted by molar-refractivity contribution is 7.09. The van der Waals surface area contributed by atoms with Crippen molar-refractivity contribution in [1.29, 1.82) is 0 Å². The van der Waals surface area contributed by atoms with E-state index in [-0.39, 0.29) is 6.03 Å². The van der Waals surface area contributed by atoms with E-state index in [1.54, 1.807) is 48.3 Å². The van der Waals surface area contributed by atoms with Crippen LogP contribution >= 0.6 is 11.3 Å². The lowest BCUT2D eigenvalue weighted by Crippen LogP contribution is -2.30. The molecule has 9 heteroatoms. The van der Waals surface area contributed by atoms with Crippen LogP contribution in [0.2, 0.25) is 0 Å². The number of nitrogens with one attached hydrogen (secondary N) is 2. The highest BCUT2D eigenvalue weighted by Gasteiger charge is 2.12. The molecule has 0 aliphatic carbocycles. The monoisotopic (exact) mass is 358 g/mol. The molecule has 0 radical (unpaired) electrons. The molecule has 2 N–H and O–H groups in total. The van der Waals surface area contributed by atoms with Crippen molar-refractivity contribution in [2.24, 2.45) is 0 Å². The summed E-state index contributed by atoms with van der Waals surface area (Å²) in [6.07, 6.45) is 0.808. The quantitative estimate of drug-likeness (QED) is 0.706. The number of tetrazole rings is 1. The summed E-state index contributed by atoms with van der Waals surface area (Å²) in [5.41, 5.74) is 1.28. The summed E-state index contributed by atoms with van der Waals surface area (Å²) in [6.45, 7) is 2.36. The number of thiophene rings is 1. The number of nitrogens with zero attached hydrogens (tertiary/aromatic N) is 4. The lowest BCUT2D eigenvalue weighted by Gasteiger charge is -2.12. The summed E-state index contributed by atoms with van der Waals surface area (Å²) in [6, 6.07) is 9.08.